The summed E-state index contributed by atoms with van der Waals surface area (Å²) < 4.78 is 11.6. The lowest BCUT2D eigenvalue weighted by Gasteiger charge is -2.11. The summed E-state index contributed by atoms with van der Waals surface area (Å²) in [7, 11) is 0. The number of carbonyl (C=O) groups excluding carboxylic acids is 1. The number of amides is 1. The molecule has 4 N–H and O–H groups in total. The Morgan fingerprint density at radius 2 is 2.00 bits per heavy atom. The number of fused-ring (bicyclic) bond motifs is 1. The maximum atomic E-state index is 12.2. The van der Waals surface area contributed by atoms with E-state index in [1.807, 2.05) is 12.1 Å². The zero-order chi connectivity index (χ0) is 18.3. The number of nitrogens with one attached hydrogen (secondary N) is 2. The molecule has 1 aliphatic rings. The van der Waals surface area contributed by atoms with Crippen LogP contribution in [0.15, 0.2) is 28.7 Å². The van der Waals surface area contributed by atoms with Gasteiger partial charge in [-0.25, -0.2) is 4.98 Å². The topological polar surface area (TPSA) is 128 Å². The van der Waals surface area contributed by atoms with E-state index in [9.17, 15) is 4.79 Å². The van der Waals surface area contributed by atoms with Crippen molar-refractivity contribution in [3.63, 3.8) is 0 Å². The Bertz CT molecular complexity index is 1020. The number of hydrogen-bond acceptors (Lipinski definition) is 7. The van der Waals surface area contributed by atoms with Crippen LogP contribution in [0.2, 0.25) is 0 Å². The van der Waals surface area contributed by atoms with E-state index in [4.69, 9.17) is 15.2 Å². The molecule has 10 heteroatoms. The predicted octanol–water partition coefficient (Wildman–Crippen LogP) is 2.50. The largest absolute Gasteiger partial charge is 0.454 e. The van der Waals surface area contributed by atoms with E-state index in [2.05, 4.69) is 41.6 Å². The summed E-state index contributed by atoms with van der Waals surface area (Å²) in [5.74, 6) is 1.47. The van der Waals surface area contributed by atoms with Gasteiger partial charge in [-0.1, -0.05) is 15.9 Å². The number of nitrogens with two attached hydrogens (primary N) is 1. The van der Waals surface area contributed by atoms with E-state index in [0.29, 0.717) is 28.6 Å². The summed E-state index contributed by atoms with van der Waals surface area (Å²) >= 11 is 3.51. The number of benzene rings is 1. The summed E-state index contributed by atoms with van der Waals surface area (Å²) in [5, 5.41) is 12.7. The Morgan fingerprint density at radius 1 is 1.23 bits per heavy atom. The third-order valence-corrected chi connectivity index (χ3v) is 4.51. The molecular weight excluding hydrogens is 404 g/mol. The lowest BCUT2D eigenvalue weighted by atomic mass is 10.1. The van der Waals surface area contributed by atoms with Gasteiger partial charge >= 0.3 is 0 Å². The first-order chi connectivity index (χ1) is 12.5. The Morgan fingerprint density at radius 3 is 2.69 bits per heavy atom. The Balaban J connectivity index is 1.63. The van der Waals surface area contributed by atoms with Gasteiger partial charge in [0.05, 0.1) is 5.69 Å². The van der Waals surface area contributed by atoms with Crippen molar-refractivity contribution in [2.45, 2.75) is 6.92 Å². The zero-order valence-corrected chi connectivity index (χ0v) is 15.1. The first-order valence-corrected chi connectivity index (χ1v) is 8.37. The molecule has 26 heavy (non-hydrogen) atoms. The minimum atomic E-state index is -0.417. The number of halogens is 1. The smallest absolute Gasteiger partial charge is 0.279 e. The number of aryl methyl sites for hydroxylation is 1. The molecule has 9 nitrogen and oxygen atoms in total. The van der Waals surface area contributed by atoms with E-state index in [1.165, 1.54) is 0 Å². The number of hydrogen-bond donors (Lipinski definition) is 3. The molecule has 132 valence electrons. The number of nitrogen functional groups attached to an aromatic ring is 1. The summed E-state index contributed by atoms with van der Waals surface area (Å²) in [6, 6.07) is 7.09. The van der Waals surface area contributed by atoms with Crippen molar-refractivity contribution in [1.29, 1.82) is 0 Å². The average molecular weight is 417 g/mol. The molecule has 0 bridgehead atoms. The molecule has 0 saturated carbocycles. The summed E-state index contributed by atoms with van der Waals surface area (Å²) in [6.07, 6.45) is 0. The monoisotopic (exact) mass is 416 g/mol. The second-order valence-electron chi connectivity index (χ2n) is 5.53. The molecule has 1 aliphatic heterocycles. The van der Waals surface area contributed by atoms with Gasteiger partial charge in [0.2, 0.25) is 6.79 Å². The van der Waals surface area contributed by atoms with Crippen LogP contribution >= 0.6 is 15.9 Å². The minimum Gasteiger partial charge on any atom is -0.454 e. The van der Waals surface area contributed by atoms with Crippen LogP contribution in [0.3, 0.4) is 0 Å². The highest BCUT2D eigenvalue weighted by molar-refractivity contribution is 9.10. The maximum Gasteiger partial charge on any atom is 0.279 e. The zero-order valence-electron chi connectivity index (χ0n) is 13.5. The molecule has 0 fully saturated rings. The quantitative estimate of drug-likeness (QED) is 0.597. The summed E-state index contributed by atoms with van der Waals surface area (Å²) in [5.41, 5.74) is 8.31. The second kappa shape index (κ2) is 6.30. The number of anilines is 2. The minimum absolute atomic E-state index is 0.186. The van der Waals surface area contributed by atoms with Crippen molar-refractivity contribution in [3.8, 4) is 22.6 Å². The van der Waals surface area contributed by atoms with E-state index in [-0.39, 0.29) is 18.3 Å². The highest BCUT2D eigenvalue weighted by Crippen LogP contribution is 2.42. The van der Waals surface area contributed by atoms with E-state index in [1.54, 1.807) is 19.1 Å². The third-order valence-electron chi connectivity index (χ3n) is 3.86. The molecule has 0 aliphatic carbocycles. The predicted molar refractivity (Wildman–Crippen MR) is 97.0 cm³/mol. The van der Waals surface area contributed by atoms with E-state index >= 15 is 0 Å². The number of pyridine rings is 1. The lowest BCUT2D eigenvalue weighted by molar-refractivity contribution is 0.102. The maximum absolute atomic E-state index is 12.2. The molecular formula is C16H13BrN6O3. The number of rotatable bonds is 3. The highest BCUT2D eigenvalue weighted by atomic mass is 79.9. The van der Waals surface area contributed by atoms with Crippen molar-refractivity contribution in [1.82, 2.24) is 20.4 Å². The lowest BCUT2D eigenvalue weighted by Crippen LogP contribution is -2.15. The SMILES string of the molecule is Cc1n[nH]nc1C(=O)Nc1ccc(-c2cc3c(cc2Br)OCO3)c(N)n1. The Kier molecular flexibility index (Phi) is 3.96. The van der Waals surface area contributed by atoms with Crippen molar-refractivity contribution < 1.29 is 14.3 Å². The van der Waals surface area contributed by atoms with Crippen molar-refractivity contribution in [3.05, 3.63) is 40.1 Å². The molecule has 0 spiro atoms. The Labute approximate surface area is 156 Å². The van der Waals surface area contributed by atoms with Gasteiger partial charge in [0.1, 0.15) is 11.6 Å². The Hall–Kier alpha value is -3.14. The van der Waals surface area contributed by atoms with Gasteiger partial charge in [-0.05, 0) is 31.2 Å². The molecule has 4 rings (SSSR count). The number of nitrogens with zero attached hydrogens (tertiary/aromatic N) is 3. The van der Waals surface area contributed by atoms with E-state index in [0.717, 1.165) is 10.0 Å². The van der Waals surface area contributed by atoms with Crippen LogP contribution in [0.5, 0.6) is 11.5 Å². The van der Waals surface area contributed by atoms with Crippen LogP contribution in [-0.2, 0) is 0 Å². The van der Waals surface area contributed by atoms with Gasteiger partial charge in [-0.2, -0.15) is 15.4 Å². The van der Waals surface area contributed by atoms with Crippen LogP contribution in [0.25, 0.3) is 11.1 Å². The molecule has 0 saturated heterocycles. The number of carbonyl (C=O) groups is 1. The molecule has 3 aromatic rings. The van der Waals surface area contributed by atoms with Crippen molar-refractivity contribution in [2.24, 2.45) is 0 Å². The molecule has 1 amide bonds. The van der Waals surface area contributed by atoms with Gasteiger partial charge in [0.15, 0.2) is 17.2 Å². The fourth-order valence-electron chi connectivity index (χ4n) is 2.57. The van der Waals surface area contributed by atoms with Crippen molar-refractivity contribution >= 4 is 33.5 Å². The highest BCUT2D eigenvalue weighted by Gasteiger charge is 2.19. The van der Waals surface area contributed by atoms with Gasteiger partial charge in [0, 0.05) is 15.6 Å². The van der Waals surface area contributed by atoms with Crippen LogP contribution < -0.4 is 20.5 Å². The van der Waals surface area contributed by atoms with Gasteiger partial charge in [0.25, 0.3) is 5.91 Å². The fourth-order valence-corrected chi connectivity index (χ4v) is 3.11. The normalized spacial score (nSPS) is 12.2. The molecule has 0 atom stereocenters. The van der Waals surface area contributed by atoms with Crippen LogP contribution in [0.1, 0.15) is 16.2 Å². The van der Waals surface area contributed by atoms with Crippen LogP contribution in [0, 0.1) is 6.92 Å². The van der Waals surface area contributed by atoms with Gasteiger partial charge < -0.3 is 20.5 Å². The molecule has 0 radical (unpaired) electrons. The van der Waals surface area contributed by atoms with E-state index < -0.39 is 5.91 Å². The number of H-pyrrole nitrogens is 1. The molecule has 2 aromatic heterocycles. The first-order valence-electron chi connectivity index (χ1n) is 7.57. The van der Waals surface area contributed by atoms with Gasteiger partial charge in [-0.3, -0.25) is 4.79 Å². The van der Waals surface area contributed by atoms with Crippen LogP contribution in [0.4, 0.5) is 11.6 Å². The summed E-state index contributed by atoms with van der Waals surface area (Å²) in [4.78, 5) is 16.5. The molecule has 0 unspecified atom stereocenters. The van der Waals surface area contributed by atoms with Crippen LogP contribution in [-0.4, -0.2) is 33.1 Å². The number of aromatic nitrogens is 4. The van der Waals surface area contributed by atoms with Crippen molar-refractivity contribution in [2.75, 3.05) is 17.8 Å². The average Bonchev–Trinajstić information content (AvgIpc) is 3.22. The molecule has 3 heterocycles. The summed E-state index contributed by atoms with van der Waals surface area (Å²) in [6.45, 7) is 1.87. The number of ether oxygens (including phenoxy) is 2. The fraction of sp³-hybridized carbons (Fsp3) is 0.125. The second-order valence-corrected chi connectivity index (χ2v) is 6.38. The number of aromatic amines is 1. The standard InChI is InChI=1S/C16H13BrN6O3/c1-7-14(22-23-21-7)16(24)20-13-3-2-8(15(18)19-13)9-4-11-12(5-10(9)17)26-6-25-11/h2-5H,6H2,1H3,(H,21,22,23)(H3,18,19,20,24). The molecule has 1 aromatic carbocycles. The van der Waals surface area contributed by atoms with Gasteiger partial charge in [-0.15, -0.1) is 0 Å². The first kappa shape index (κ1) is 16.3. The third kappa shape index (κ3) is 2.84.